The van der Waals surface area contributed by atoms with Gasteiger partial charge in [-0.25, -0.2) is 8.78 Å². The third-order valence-corrected chi connectivity index (χ3v) is 3.09. The van der Waals surface area contributed by atoms with E-state index >= 15 is 0 Å². The number of halogens is 3. The highest BCUT2D eigenvalue weighted by Crippen LogP contribution is 2.29. The molecule has 1 rings (SSSR count). The van der Waals surface area contributed by atoms with Gasteiger partial charge in [0.2, 0.25) is 0 Å². The van der Waals surface area contributed by atoms with E-state index in [1.54, 1.807) is 7.05 Å². The average molecular weight is 228 g/mol. The van der Waals surface area contributed by atoms with Crippen molar-refractivity contribution in [3.05, 3.63) is 0 Å². The molecule has 0 radical (unpaired) electrons. The Bertz CT molecular complexity index is 134. The van der Waals surface area contributed by atoms with Gasteiger partial charge >= 0.3 is 0 Å². The summed E-state index contributed by atoms with van der Waals surface area (Å²) in [6.07, 6.45) is -1.12. The van der Waals surface area contributed by atoms with Crippen LogP contribution in [0.4, 0.5) is 8.78 Å². The van der Waals surface area contributed by atoms with Gasteiger partial charge in [-0.05, 0) is 19.9 Å². The van der Waals surface area contributed by atoms with Crippen molar-refractivity contribution >= 4 is 15.9 Å². The van der Waals surface area contributed by atoms with Gasteiger partial charge in [0.1, 0.15) is 12.3 Å². The molecule has 4 heteroatoms. The van der Waals surface area contributed by atoms with Gasteiger partial charge in [0.05, 0.1) is 6.04 Å². The molecule has 11 heavy (non-hydrogen) atoms. The summed E-state index contributed by atoms with van der Waals surface area (Å²) >= 11 is 3.18. The van der Waals surface area contributed by atoms with E-state index in [0.717, 1.165) is 0 Å². The molecule has 1 nitrogen and oxygen atoms in total. The molecule has 4 atom stereocenters. The van der Waals surface area contributed by atoms with Crippen molar-refractivity contribution in [1.82, 2.24) is 5.32 Å². The van der Waals surface area contributed by atoms with Crippen LogP contribution in [0, 0.1) is 0 Å². The van der Waals surface area contributed by atoms with Crippen LogP contribution in [0.1, 0.15) is 12.8 Å². The molecule has 0 spiro atoms. The zero-order valence-corrected chi connectivity index (χ0v) is 7.94. The van der Waals surface area contributed by atoms with E-state index in [1.807, 2.05) is 0 Å². The quantitative estimate of drug-likeness (QED) is 0.675. The maximum Gasteiger partial charge on any atom is 0.131 e. The fourth-order valence-corrected chi connectivity index (χ4v) is 2.01. The van der Waals surface area contributed by atoms with Crippen molar-refractivity contribution in [2.75, 3.05) is 7.05 Å². The van der Waals surface area contributed by atoms with Gasteiger partial charge in [0.25, 0.3) is 0 Å². The lowest BCUT2D eigenvalue weighted by Crippen LogP contribution is -2.50. The third-order valence-electron chi connectivity index (χ3n) is 2.13. The number of alkyl halides is 3. The van der Waals surface area contributed by atoms with Crippen LogP contribution in [0.2, 0.25) is 0 Å². The lowest BCUT2D eigenvalue weighted by molar-refractivity contribution is 0.115. The lowest BCUT2D eigenvalue weighted by atomic mass is 9.92. The smallest absolute Gasteiger partial charge is 0.131 e. The molecule has 1 saturated carbocycles. The van der Waals surface area contributed by atoms with Crippen molar-refractivity contribution in [1.29, 1.82) is 0 Å². The van der Waals surface area contributed by atoms with E-state index in [4.69, 9.17) is 0 Å². The third kappa shape index (κ3) is 1.90. The molecule has 0 aliphatic heterocycles. The van der Waals surface area contributed by atoms with Crippen LogP contribution in [0.3, 0.4) is 0 Å². The van der Waals surface area contributed by atoms with Crippen LogP contribution in [-0.4, -0.2) is 30.3 Å². The summed E-state index contributed by atoms with van der Waals surface area (Å²) in [4.78, 5) is -0.188. The van der Waals surface area contributed by atoms with E-state index in [9.17, 15) is 8.78 Å². The van der Waals surface area contributed by atoms with Crippen LogP contribution in [-0.2, 0) is 0 Å². The predicted octanol–water partition coefficient (Wildman–Crippen LogP) is 1.81. The second-order valence-electron chi connectivity index (χ2n) is 2.87. The Labute approximate surface area is 73.7 Å². The molecule has 1 aliphatic carbocycles. The van der Waals surface area contributed by atoms with E-state index in [1.165, 1.54) is 0 Å². The summed E-state index contributed by atoms with van der Waals surface area (Å²) in [7, 11) is 1.59. The Morgan fingerprint density at radius 3 is 2.45 bits per heavy atom. The molecule has 66 valence electrons. The van der Waals surface area contributed by atoms with Crippen LogP contribution in [0.15, 0.2) is 0 Å². The first kappa shape index (κ1) is 9.39. The molecule has 4 unspecified atom stereocenters. The Morgan fingerprint density at radius 1 is 1.36 bits per heavy atom. The lowest BCUT2D eigenvalue weighted by Gasteiger charge is -2.32. The van der Waals surface area contributed by atoms with Gasteiger partial charge in [-0.3, -0.25) is 0 Å². The van der Waals surface area contributed by atoms with Crippen molar-refractivity contribution < 1.29 is 8.78 Å². The monoisotopic (exact) mass is 227 g/mol. The molecule has 0 amide bonds. The molecular formula is C7H12BrF2N. The Morgan fingerprint density at radius 2 is 2.00 bits per heavy atom. The predicted molar refractivity (Wildman–Crippen MR) is 44.6 cm³/mol. The van der Waals surface area contributed by atoms with Gasteiger partial charge in [0.15, 0.2) is 0 Å². The maximum absolute atomic E-state index is 13.1. The molecule has 0 saturated heterocycles. The summed E-state index contributed by atoms with van der Waals surface area (Å²) in [5.74, 6) is 0. The molecule has 0 bridgehead atoms. The van der Waals surface area contributed by atoms with Crippen LogP contribution in [0.25, 0.3) is 0 Å². The van der Waals surface area contributed by atoms with Crippen molar-refractivity contribution in [2.24, 2.45) is 0 Å². The minimum absolute atomic E-state index is 0.188. The van der Waals surface area contributed by atoms with Gasteiger partial charge in [0, 0.05) is 4.83 Å². The summed E-state index contributed by atoms with van der Waals surface area (Å²) in [6.45, 7) is 0. The normalized spacial score (nSPS) is 45.8. The highest BCUT2D eigenvalue weighted by Gasteiger charge is 2.37. The minimum atomic E-state index is -1.11. The van der Waals surface area contributed by atoms with Gasteiger partial charge in [-0.1, -0.05) is 15.9 Å². The summed E-state index contributed by atoms with van der Waals surface area (Å²) in [6, 6.07) is -0.631. The first-order chi connectivity index (χ1) is 5.16. The number of rotatable bonds is 1. The SMILES string of the molecule is CNC1C(F)CCC(Br)C1F. The highest BCUT2D eigenvalue weighted by molar-refractivity contribution is 9.09. The number of hydrogen-bond donors (Lipinski definition) is 1. The van der Waals surface area contributed by atoms with Crippen LogP contribution < -0.4 is 5.32 Å². The summed E-state index contributed by atoms with van der Waals surface area (Å²) < 4.78 is 26.1. The maximum atomic E-state index is 13.1. The molecule has 1 aliphatic rings. The fraction of sp³-hybridized carbons (Fsp3) is 1.00. The second kappa shape index (κ2) is 3.81. The van der Waals surface area contributed by atoms with Crippen molar-refractivity contribution in [2.45, 2.75) is 36.1 Å². The van der Waals surface area contributed by atoms with E-state index in [-0.39, 0.29) is 4.83 Å². The molecular weight excluding hydrogens is 216 g/mol. The van der Waals surface area contributed by atoms with Gasteiger partial charge < -0.3 is 5.32 Å². The molecule has 0 aromatic carbocycles. The molecule has 0 aromatic heterocycles. The average Bonchev–Trinajstić information content (AvgIpc) is 1.99. The van der Waals surface area contributed by atoms with Crippen molar-refractivity contribution in [3.8, 4) is 0 Å². The zero-order valence-electron chi connectivity index (χ0n) is 6.36. The number of nitrogens with one attached hydrogen (secondary N) is 1. The van der Waals surface area contributed by atoms with Crippen molar-refractivity contribution in [3.63, 3.8) is 0 Å². The standard InChI is InChI=1S/C7H12BrF2N/c1-11-7-5(9)3-2-4(8)6(7)10/h4-7,11H,2-3H2,1H3. The summed E-state index contributed by atoms with van der Waals surface area (Å²) in [5.41, 5.74) is 0. The molecule has 1 fully saturated rings. The molecule has 0 aromatic rings. The molecule has 0 heterocycles. The fourth-order valence-electron chi connectivity index (χ4n) is 1.42. The first-order valence-corrected chi connectivity index (χ1v) is 4.68. The minimum Gasteiger partial charge on any atom is -0.312 e. The summed E-state index contributed by atoms with van der Waals surface area (Å²) in [5, 5.41) is 2.65. The second-order valence-corrected chi connectivity index (χ2v) is 4.04. The Balaban J connectivity index is 2.55. The first-order valence-electron chi connectivity index (χ1n) is 3.76. The highest BCUT2D eigenvalue weighted by atomic mass is 79.9. The van der Waals surface area contributed by atoms with E-state index in [2.05, 4.69) is 21.2 Å². The van der Waals surface area contributed by atoms with Gasteiger partial charge in [-0.2, -0.15) is 0 Å². The van der Waals surface area contributed by atoms with Crippen LogP contribution in [0.5, 0.6) is 0 Å². The Hall–Kier alpha value is 0.300. The van der Waals surface area contributed by atoms with Gasteiger partial charge in [-0.15, -0.1) is 0 Å². The topological polar surface area (TPSA) is 12.0 Å². The zero-order chi connectivity index (χ0) is 8.43. The largest absolute Gasteiger partial charge is 0.312 e. The van der Waals surface area contributed by atoms with E-state index in [0.29, 0.717) is 12.8 Å². The van der Waals surface area contributed by atoms with E-state index < -0.39 is 18.4 Å². The number of hydrogen-bond acceptors (Lipinski definition) is 1. The molecule has 1 N–H and O–H groups in total. The Kier molecular flexibility index (Phi) is 3.25. The van der Waals surface area contributed by atoms with Crippen LogP contribution >= 0.6 is 15.9 Å².